The van der Waals surface area contributed by atoms with Crippen LogP contribution in [0.15, 0.2) is 42.5 Å². The molecule has 0 spiro atoms. The van der Waals surface area contributed by atoms with E-state index in [-0.39, 0.29) is 23.8 Å². The average Bonchev–Trinajstić information content (AvgIpc) is 3.17. The number of benzene rings is 2. The molecule has 0 aliphatic rings. The summed E-state index contributed by atoms with van der Waals surface area (Å²) in [7, 11) is 1.46. The van der Waals surface area contributed by atoms with Crippen molar-refractivity contribution in [2.24, 2.45) is 0 Å². The molecule has 0 fully saturated rings. The molecule has 0 aliphatic carbocycles. The van der Waals surface area contributed by atoms with Crippen molar-refractivity contribution < 1.29 is 18.7 Å². The van der Waals surface area contributed by atoms with Gasteiger partial charge >= 0.3 is 0 Å². The van der Waals surface area contributed by atoms with E-state index in [1.807, 2.05) is 6.92 Å². The molecule has 11 heteroatoms. The zero-order valence-corrected chi connectivity index (χ0v) is 18.7. The molecular weight excluding hydrogens is 441 g/mol. The molecule has 2 amide bonds. The number of ether oxygens (including phenoxy) is 1. The van der Waals surface area contributed by atoms with Crippen LogP contribution in [0, 0.1) is 19.7 Å². The zero-order valence-electron chi connectivity index (χ0n) is 18.7. The summed E-state index contributed by atoms with van der Waals surface area (Å²) in [5, 5.41) is 9.60. The Morgan fingerprint density at radius 3 is 2.65 bits per heavy atom. The predicted octanol–water partition coefficient (Wildman–Crippen LogP) is 2.90. The van der Waals surface area contributed by atoms with Crippen molar-refractivity contribution in [2.75, 3.05) is 23.5 Å². The first-order valence-electron chi connectivity index (χ1n) is 10.3. The van der Waals surface area contributed by atoms with E-state index in [0.29, 0.717) is 39.9 Å². The van der Waals surface area contributed by atoms with Gasteiger partial charge in [-0.2, -0.15) is 9.50 Å². The fourth-order valence-electron chi connectivity index (χ4n) is 3.55. The fourth-order valence-corrected chi connectivity index (χ4v) is 3.55. The summed E-state index contributed by atoms with van der Waals surface area (Å²) >= 11 is 0. The number of carbonyl (C=O) groups is 2. The summed E-state index contributed by atoms with van der Waals surface area (Å²) in [5.74, 6) is -0.486. The number of methoxy groups -OCH3 is 1. The zero-order chi connectivity index (χ0) is 24.4. The van der Waals surface area contributed by atoms with E-state index in [2.05, 4.69) is 25.7 Å². The van der Waals surface area contributed by atoms with Crippen molar-refractivity contribution in [1.29, 1.82) is 0 Å². The molecular formula is C23H22FN7O3. The topological polar surface area (TPSA) is 137 Å². The lowest BCUT2D eigenvalue weighted by Crippen LogP contribution is -2.18. The Bertz CT molecular complexity index is 1420. The lowest BCUT2D eigenvalue weighted by atomic mass is 10.1. The van der Waals surface area contributed by atoms with Gasteiger partial charge in [-0.15, -0.1) is 5.10 Å². The van der Waals surface area contributed by atoms with Crippen LogP contribution in [0.2, 0.25) is 0 Å². The number of carbonyl (C=O) groups excluding carboxylic acids is 2. The highest BCUT2D eigenvalue weighted by Crippen LogP contribution is 2.28. The number of aryl methyl sites for hydroxylation is 2. The Hall–Kier alpha value is -4.54. The Morgan fingerprint density at radius 1 is 1.12 bits per heavy atom. The van der Waals surface area contributed by atoms with Crippen molar-refractivity contribution in [2.45, 2.75) is 20.3 Å². The number of halogens is 1. The molecule has 34 heavy (non-hydrogen) atoms. The van der Waals surface area contributed by atoms with Crippen molar-refractivity contribution in [3.63, 3.8) is 0 Å². The van der Waals surface area contributed by atoms with Gasteiger partial charge in [0.15, 0.2) is 0 Å². The van der Waals surface area contributed by atoms with Gasteiger partial charge in [0.1, 0.15) is 11.6 Å². The van der Waals surface area contributed by atoms with Crippen LogP contribution in [0.1, 0.15) is 27.3 Å². The summed E-state index contributed by atoms with van der Waals surface area (Å²) in [4.78, 5) is 33.8. The molecule has 2 aromatic carbocycles. The number of anilines is 3. The number of nitrogen functional groups attached to an aromatic ring is 1. The lowest BCUT2D eigenvalue weighted by Gasteiger charge is -2.14. The molecule has 0 aliphatic heterocycles. The van der Waals surface area contributed by atoms with Crippen LogP contribution in [-0.4, -0.2) is 38.5 Å². The second-order valence-corrected chi connectivity index (χ2v) is 7.55. The Kier molecular flexibility index (Phi) is 6.09. The number of fused-ring (bicyclic) bond motifs is 1. The highest BCUT2D eigenvalue weighted by molar-refractivity contribution is 6.05. The summed E-state index contributed by atoms with van der Waals surface area (Å²) in [5.41, 5.74) is 8.62. The molecule has 10 nitrogen and oxygen atoms in total. The predicted molar refractivity (Wildman–Crippen MR) is 124 cm³/mol. The first-order chi connectivity index (χ1) is 16.2. The SMILES string of the molecule is COc1ccc(NC(=O)Cc2c(C)nc3nc(N)nn3c2C)cc1NC(=O)c1cccc(F)c1. The number of rotatable bonds is 6. The van der Waals surface area contributed by atoms with Gasteiger partial charge in [-0.25, -0.2) is 9.37 Å². The molecule has 0 atom stereocenters. The van der Waals surface area contributed by atoms with E-state index in [9.17, 15) is 14.0 Å². The van der Waals surface area contributed by atoms with E-state index < -0.39 is 11.7 Å². The van der Waals surface area contributed by atoms with E-state index in [1.165, 1.54) is 29.8 Å². The van der Waals surface area contributed by atoms with Crippen molar-refractivity contribution in [3.05, 3.63) is 70.8 Å². The lowest BCUT2D eigenvalue weighted by molar-refractivity contribution is -0.115. The number of hydrogen-bond donors (Lipinski definition) is 3. The molecule has 4 rings (SSSR count). The molecule has 0 unspecified atom stereocenters. The van der Waals surface area contributed by atoms with Crippen LogP contribution in [0.4, 0.5) is 21.7 Å². The number of amides is 2. The van der Waals surface area contributed by atoms with E-state index in [0.717, 1.165) is 6.07 Å². The Labute approximate surface area is 194 Å². The number of nitrogens with two attached hydrogens (primary N) is 1. The smallest absolute Gasteiger partial charge is 0.255 e. The maximum Gasteiger partial charge on any atom is 0.255 e. The summed E-state index contributed by atoms with van der Waals surface area (Å²) < 4.78 is 20.3. The summed E-state index contributed by atoms with van der Waals surface area (Å²) in [6.45, 7) is 3.60. The van der Waals surface area contributed by atoms with Crippen molar-refractivity contribution in [3.8, 4) is 5.75 Å². The van der Waals surface area contributed by atoms with Gasteiger partial charge < -0.3 is 21.1 Å². The third kappa shape index (κ3) is 4.63. The normalized spacial score (nSPS) is 10.8. The molecule has 174 valence electrons. The number of nitrogens with zero attached hydrogens (tertiary/aromatic N) is 4. The monoisotopic (exact) mass is 463 g/mol. The maximum atomic E-state index is 13.5. The minimum Gasteiger partial charge on any atom is -0.495 e. The number of aromatic nitrogens is 4. The van der Waals surface area contributed by atoms with Crippen LogP contribution in [0.25, 0.3) is 5.78 Å². The number of hydrogen-bond acceptors (Lipinski definition) is 7. The molecule has 0 saturated carbocycles. The molecule has 0 saturated heterocycles. The van der Waals surface area contributed by atoms with Crippen LogP contribution < -0.4 is 21.1 Å². The minimum atomic E-state index is -0.521. The molecule has 4 aromatic rings. The van der Waals surface area contributed by atoms with Crippen LogP contribution in [0.5, 0.6) is 5.75 Å². The van der Waals surface area contributed by atoms with Gasteiger partial charge in [0.2, 0.25) is 11.9 Å². The van der Waals surface area contributed by atoms with Crippen molar-refractivity contribution >= 4 is 34.9 Å². The van der Waals surface area contributed by atoms with Crippen LogP contribution in [0.3, 0.4) is 0 Å². The third-order valence-corrected chi connectivity index (χ3v) is 5.22. The quantitative estimate of drug-likeness (QED) is 0.400. The summed E-state index contributed by atoms with van der Waals surface area (Å²) in [6, 6.07) is 10.1. The second-order valence-electron chi connectivity index (χ2n) is 7.55. The Balaban J connectivity index is 1.53. The molecule has 2 heterocycles. The van der Waals surface area contributed by atoms with Crippen molar-refractivity contribution in [1.82, 2.24) is 19.6 Å². The van der Waals surface area contributed by atoms with Crippen LogP contribution >= 0.6 is 0 Å². The van der Waals surface area contributed by atoms with Gasteiger partial charge in [0.05, 0.1) is 19.2 Å². The maximum absolute atomic E-state index is 13.5. The number of nitrogens with one attached hydrogen (secondary N) is 2. The van der Waals surface area contributed by atoms with Crippen LogP contribution in [-0.2, 0) is 11.2 Å². The standard InChI is InChI=1S/C23H22FN7O3/c1-12-17(13(2)31-23(26-12)29-22(25)30-31)11-20(32)27-16-7-8-19(34-3)18(10-16)28-21(33)14-5-4-6-15(24)9-14/h4-10H,11H2,1-3H3,(H2,25,30)(H,27,32)(H,28,33). The minimum absolute atomic E-state index is 0.0391. The summed E-state index contributed by atoms with van der Waals surface area (Å²) in [6.07, 6.45) is 0.0391. The first kappa shape index (κ1) is 22.6. The average molecular weight is 463 g/mol. The van der Waals surface area contributed by atoms with Gasteiger partial charge in [0, 0.05) is 28.2 Å². The first-order valence-corrected chi connectivity index (χ1v) is 10.3. The second kappa shape index (κ2) is 9.14. The van der Waals surface area contributed by atoms with Gasteiger partial charge in [-0.05, 0) is 50.2 Å². The highest BCUT2D eigenvalue weighted by atomic mass is 19.1. The van der Waals surface area contributed by atoms with E-state index in [1.54, 1.807) is 25.1 Å². The molecule has 0 bridgehead atoms. The molecule has 0 radical (unpaired) electrons. The largest absolute Gasteiger partial charge is 0.495 e. The van der Waals surface area contributed by atoms with Gasteiger partial charge in [-0.1, -0.05) is 6.07 Å². The highest BCUT2D eigenvalue weighted by Gasteiger charge is 2.17. The molecule has 4 N–H and O–H groups in total. The fraction of sp³-hybridized carbons (Fsp3) is 0.174. The Morgan fingerprint density at radius 2 is 1.91 bits per heavy atom. The van der Waals surface area contributed by atoms with Gasteiger partial charge in [-0.3, -0.25) is 9.59 Å². The van der Waals surface area contributed by atoms with E-state index in [4.69, 9.17) is 10.5 Å². The third-order valence-electron chi connectivity index (χ3n) is 5.22. The molecule has 2 aromatic heterocycles. The van der Waals surface area contributed by atoms with Gasteiger partial charge in [0.25, 0.3) is 11.7 Å². The van der Waals surface area contributed by atoms with E-state index >= 15 is 0 Å².